The molecule has 47 heavy (non-hydrogen) atoms. The highest BCUT2D eigenvalue weighted by Crippen LogP contribution is 2.11. The van der Waals surface area contributed by atoms with Crippen LogP contribution >= 0.6 is 0 Å². The van der Waals surface area contributed by atoms with Gasteiger partial charge in [0, 0.05) is 13.1 Å². The average molecular weight is 653 g/mol. The monoisotopic (exact) mass is 652 g/mol. The fourth-order valence-electron chi connectivity index (χ4n) is 4.98. The molecule has 0 bridgehead atoms. The van der Waals surface area contributed by atoms with Crippen LogP contribution in [0.15, 0.2) is 60.7 Å². The number of amides is 4. The van der Waals surface area contributed by atoms with E-state index in [0.29, 0.717) is 13.1 Å². The summed E-state index contributed by atoms with van der Waals surface area (Å²) >= 11 is 0. The van der Waals surface area contributed by atoms with Crippen molar-refractivity contribution < 1.29 is 28.7 Å². The molecule has 4 N–H and O–H groups in total. The lowest BCUT2D eigenvalue weighted by atomic mass is 10.0. The summed E-state index contributed by atoms with van der Waals surface area (Å²) in [5.74, 6) is -0.508. The number of hydrogen-bond acceptors (Lipinski definition) is 6. The molecule has 0 aliphatic rings. The van der Waals surface area contributed by atoms with Gasteiger partial charge in [-0.1, -0.05) is 133 Å². The Labute approximate surface area is 281 Å². The maximum absolute atomic E-state index is 12.7. The zero-order chi connectivity index (χ0) is 34.3. The zero-order valence-electron chi connectivity index (χ0n) is 28.7. The van der Waals surface area contributed by atoms with Gasteiger partial charge < -0.3 is 30.7 Å². The first kappa shape index (κ1) is 39.1. The van der Waals surface area contributed by atoms with Crippen molar-refractivity contribution >= 4 is 24.0 Å². The van der Waals surface area contributed by atoms with E-state index in [1.54, 1.807) is 0 Å². The zero-order valence-corrected chi connectivity index (χ0v) is 28.7. The van der Waals surface area contributed by atoms with Crippen molar-refractivity contribution in [2.75, 3.05) is 13.1 Å². The highest BCUT2D eigenvalue weighted by molar-refractivity contribution is 5.86. The van der Waals surface area contributed by atoms with Crippen LogP contribution in [0.25, 0.3) is 0 Å². The Hall–Kier alpha value is -4.08. The third-order valence-corrected chi connectivity index (χ3v) is 7.82. The number of nitrogens with one attached hydrogen (secondary N) is 4. The van der Waals surface area contributed by atoms with E-state index in [-0.39, 0.29) is 36.9 Å². The van der Waals surface area contributed by atoms with Crippen LogP contribution in [0.1, 0.15) is 96.6 Å². The molecule has 10 heteroatoms. The molecule has 2 aromatic carbocycles. The van der Waals surface area contributed by atoms with Crippen LogP contribution < -0.4 is 21.3 Å². The van der Waals surface area contributed by atoms with Crippen molar-refractivity contribution in [3.63, 3.8) is 0 Å². The fourth-order valence-corrected chi connectivity index (χ4v) is 4.98. The number of ether oxygens (including phenoxy) is 2. The van der Waals surface area contributed by atoms with Crippen LogP contribution in [0.3, 0.4) is 0 Å². The van der Waals surface area contributed by atoms with E-state index in [9.17, 15) is 19.2 Å². The third kappa shape index (κ3) is 17.4. The van der Waals surface area contributed by atoms with Gasteiger partial charge in [0.1, 0.15) is 25.3 Å². The summed E-state index contributed by atoms with van der Waals surface area (Å²) in [6.07, 6.45) is 8.35. The molecule has 10 nitrogen and oxygen atoms in total. The van der Waals surface area contributed by atoms with E-state index >= 15 is 0 Å². The minimum Gasteiger partial charge on any atom is -0.445 e. The van der Waals surface area contributed by atoms with E-state index in [2.05, 4.69) is 21.3 Å². The molecule has 0 aromatic heterocycles. The van der Waals surface area contributed by atoms with Gasteiger partial charge in [0.05, 0.1) is 0 Å². The maximum atomic E-state index is 12.7. The van der Waals surface area contributed by atoms with Gasteiger partial charge in [-0.15, -0.1) is 0 Å². The molecule has 0 radical (unpaired) electrons. The molecule has 0 fully saturated rings. The Morgan fingerprint density at radius 1 is 0.511 bits per heavy atom. The quantitative estimate of drug-likeness (QED) is 0.106. The lowest BCUT2D eigenvalue weighted by Crippen LogP contribution is -2.50. The lowest BCUT2D eigenvalue weighted by molar-refractivity contribution is -0.124. The number of unbranched alkanes of at least 4 members (excludes halogenated alkanes) is 8. The number of rotatable bonds is 22. The van der Waals surface area contributed by atoms with Gasteiger partial charge in [0.15, 0.2) is 0 Å². The van der Waals surface area contributed by atoms with Crippen molar-refractivity contribution in [3.05, 3.63) is 71.8 Å². The minimum absolute atomic E-state index is 0.0642. The van der Waals surface area contributed by atoms with Crippen LogP contribution in [0.5, 0.6) is 0 Å². The van der Waals surface area contributed by atoms with Crippen LogP contribution in [0.2, 0.25) is 0 Å². The molecule has 0 saturated heterocycles. The predicted molar refractivity (Wildman–Crippen MR) is 184 cm³/mol. The summed E-state index contributed by atoms with van der Waals surface area (Å²) in [6.45, 7) is 9.06. The predicted octanol–water partition coefficient (Wildman–Crippen LogP) is 6.63. The SMILES string of the molecule is CC(C)[C@H](NC(=O)OCc1ccccc1)C(=O)NCCCCCCCCCCCNC(=O)[C@@H](NC(=O)OCc1ccccc1)C(C)C. The highest BCUT2D eigenvalue weighted by Gasteiger charge is 2.25. The third-order valence-electron chi connectivity index (χ3n) is 7.82. The first-order chi connectivity index (χ1) is 22.7. The van der Waals surface area contributed by atoms with Crippen molar-refractivity contribution in [2.45, 2.75) is 111 Å². The Kier molecular flexibility index (Phi) is 19.4. The van der Waals surface area contributed by atoms with Crippen LogP contribution in [0.4, 0.5) is 9.59 Å². The number of carbonyl (C=O) groups is 4. The van der Waals surface area contributed by atoms with Gasteiger partial charge in [0.25, 0.3) is 0 Å². The van der Waals surface area contributed by atoms with E-state index in [1.807, 2.05) is 88.4 Å². The summed E-state index contributed by atoms with van der Waals surface area (Å²) in [5, 5.41) is 11.3. The van der Waals surface area contributed by atoms with Gasteiger partial charge in [-0.3, -0.25) is 9.59 Å². The van der Waals surface area contributed by atoms with Gasteiger partial charge in [-0.2, -0.15) is 0 Å². The molecule has 2 atom stereocenters. The Morgan fingerprint density at radius 2 is 0.830 bits per heavy atom. The first-order valence-corrected chi connectivity index (χ1v) is 17.2. The molecule has 0 aliphatic heterocycles. The number of benzene rings is 2. The molecule has 0 unspecified atom stereocenters. The average Bonchev–Trinajstić information content (AvgIpc) is 3.06. The fraction of sp³-hybridized carbons (Fsp3) is 0.568. The normalized spacial score (nSPS) is 12.2. The van der Waals surface area contributed by atoms with Crippen molar-refractivity contribution in [3.8, 4) is 0 Å². The standard InChI is InChI=1S/C37H56N4O6/c1-28(2)32(40-36(44)46-26-30-20-14-12-15-21-30)34(42)38-24-18-10-8-6-5-7-9-11-19-25-39-35(43)33(29(3)4)41-37(45)47-27-31-22-16-13-17-23-31/h12-17,20-23,28-29,32-33H,5-11,18-19,24-27H2,1-4H3,(H,38,42)(H,39,43)(H,40,44)(H,41,45)/t32-,33-/m0/s1. The van der Waals surface area contributed by atoms with E-state index in [0.717, 1.165) is 68.9 Å². The van der Waals surface area contributed by atoms with E-state index < -0.39 is 24.3 Å². The van der Waals surface area contributed by atoms with Gasteiger partial charge >= 0.3 is 12.2 Å². The molecule has 0 spiro atoms. The van der Waals surface area contributed by atoms with Gasteiger partial charge in [-0.05, 0) is 35.8 Å². The molecule has 260 valence electrons. The molecule has 4 amide bonds. The molecule has 2 aromatic rings. The molecular weight excluding hydrogens is 596 g/mol. The summed E-state index contributed by atoms with van der Waals surface area (Å²) in [6, 6.07) is 17.6. The Morgan fingerprint density at radius 3 is 1.15 bits per heavy atom. The topological polar surface area (TPSA) is 135 Å². The van der Waals surface area contributed by atoms with E-state index in [4.69, 9.17) is 9.47 Å². The van der Waals surface area contributed by atoms with Gasteiger partial charge in [-0.25, -0.2) is 9.59 Å². The number of carbonyl (C=O) groups excluding carboxylic acids is 4. The second kappa shape index (κ2) is 23.3. The van der Waals surface area contributed by atoms with Crippen molar-refractivity contribution in [1.29, 1.82) is 0 Å². The molecule has 0 heterocycles. The second-order valence-corrected chi connectivity index (χ2v) is 12.6. The lowest BCUT2D eigenvalue weighted by Gasteiger charge is -2.21. The molecule has 0 aliphatic carbocycles. The smallest absolute Gasteiger partial charge is 0.408 e. The highest BCUT2D eigenvalue weighted by atomic mass is 16.6. The molecule has 0 saturated carbocycles. The van der Waals surface area contributed by atoms with Crippen LogP contribution in [-0.4, -0.2) is 49.2 Å². The van der Waals surface area contributed by atoms with E-state index in [1.165, 1.54) is 0 Å². The summed E-state index contributed by atoms with van der Waals surface area (Å²) < 4.78 is 10.5. The van der Waals surface area contributed by atoms with Gasteiger partial charge in [0.2, 0.25) is 11.8 Å². The Balaban J connectivity index is 1.46. The summed E-state index contributed by atoms with van der Waals surface area (Å²) in [5.41, 5.74) is 1.78. The summed E-state index contributed by atoms with van der Waals surface area (Å²) in [4.78, 5) is 49.8. The van der Waals surface area contributed by atoms with Crippen LogP contribution in [-0.2, 0) is 32.3 Å². The summed E-state index contributed by atoms with van der Waals surface area (Å²) in [7, 11) is 0. The van der Waals surface area contributed by atoms with Crippen molar-refractivity contribution in [2.24, 2.45) is 11.8 Å². The first-order valence-electron chi connectivity index (χ1n) is 17.2. The largest absolute Gasteiger partial charge is 0.445 e. The number of alkyl carbamates (subject to hydrolysis) is 2. The number of hydrogen-bond donors (Lipinski definition) is 4. The van der Waals surface area contributed by atoms with Crippen molar-refractivity contribution in [1.82, 2.24) is 21.3 Å². The van der Waals surface area contributed by atoms with Crippen LogP contribution in [0, 0.1) is 11.8 Å². The minimum atomic E-state index is -0.645. The molecule has 2 rings (SSSR count). The Bertz CT molecular complexity index is 1080. The second-order valence-electron chi connectivity index (χ2n) is 12.6. The molecular formula is C37H56N4O6. The maximum Gasteiger partial charge on any atom is 0.408 e.